The van der Waals surface area contributed by atoms with E-state index in [1.54, 1.807) is 30.4 Å². The van der Waals surface area contributed by atoms with Crippen molar-refractivity contribution < 1.29 is 23.9 Å². The highest BCUT2D eigenvalue weighted by molar-refractivity contribution is 5.94. The topological polar surface area (TPSA) is 165 Å². The SMILES string of the molecule is CC(C)(C)c1cc(NC(=O)N[C@@]2(C=O)C=C[C@@H](Oc3ccc4nnc(C(C)(C)C)n4c3)c3ccccc32)nc(C(=O)NCCN2CCOCC2)n1. The number of rotatable bonds is 9. The van der Waals surface area contributed by atoms with Gasteiger partial charge in [-0.15, -0.1) is 10.2 Å². The van der Waals surface area contributed by atoms with Crippen molar-refractivity contribution in [3.05, 3.63) is 89.3 Å². The van der Waals surface area contributed by atoms with E-state index in [4.69, 9.17) is 9.47 Å². The average molecular weight is 696 g/mol. The van der Waals surface area contributed by atoms with Gasteiger partial charge in [-0.2, -0.15) is 0 Å². The predicted molar refractivity (Wildman–Crippen MR) is 191 cm³/mol. The van der Waals surface area contributed by atoms with E-state index >= 15 is 0 Å². The highest BCUT2D eigenvalue weighted by atomic mass is 16.5. The molecule has 1 fully saturated rings. The van der Waals surface area contributed by atoms with Gasteiger partial charge in [0.15, 0.2) is 11.9 Å². The summed E-state index contributed by atoms with van der Waals surface area (Å²) in [7, 11) is 0. The third-order valence-electron chi connectivity index (χ3n) is 8.82. The smallest absolute Gasteiger partial charge is 0.321 e. The fourth-order valence-electron chi connectivity index (χ4n) is 6.06. The van der Waals surface area contributed by atoms with E-state index in [2.05, 4.69) is 61.8 Å². The maximum atomic E-state index is 13.6. The minimum absolute atomic E-state index is 0.0630. The molecule has 51 heavy (non-hydrogen) atoms. The molecule has 1 aromatic carbocycles. The molecule has 2 atom stereocenters. The molecule has 6 rings (SSSR count). The minimum atomic E-state index is -1.50. The second-order valence-electron chi connectivity index (χ2n) is 14.8. The zero-order valence-electron chi connectivity index (χ0n) is 29.9. The summed E-state index contributed by atoms with van der Waals surface area (Å²) in [4.78, 5) is 50.7. The molecule has 0 bridgehead atoms. The highest BCUT2D eigenvalue weighted by Gasteiger charge is 2.38. The molecular formula is C37H45N9O5. The number of fused-ring (bicyclic) bond motifs is 2. The number of morpholine rings is 1. The molecule has 14 nitrogen and oxygen atoms in total. The molecule has 0 spiro atoms. The van der Waals surface area contributed by atoms with Gasteiger partial charge < -0.3 is 20.1 Å². The lowest BCUT2D eigenvalue weighted by Gasteiger charge is -2.34. The molecule has 3 N–H and O–H groups in total. The summed E-state index contributed by atoms with van der Waals surface area (Å²) in [6, 6.07) is 11.9. The summed E-state index contributed by atoms with van der Waals surface area (Å²) in [5.74, 6) is 0.996. The average Bonchev–Trinajstić information content (AvgIpc) is 3.53. The number of ether oxygens (including phenoxy) is 2. The predicted octanol–water partition coefficient (Wildman–Crippen LogP) is 4.08. The number of nitrogens with zero attached hydrogens (tertiary/aromatic N) is 6. The van der Waals surface area contributed by atoms with Gasteiger partial charge in [0.25, 0.3) is 5.91 Å². The fraction of sp³-hybridized carbons (Fsp3) is 0.432. The lowest BCUT2D eigenvalue weighted by Crippen LogP contribution is -2.49. The third-order valence-corrected chi connectivity index (χ3v) is 8.82. The number of aromatic nitrogens is 5. The first kappa shape index (κ1) is 35.6. The van der Waals surface area contributed by atoms with Crippen LogP contribution in [0.25, 0.3) is 5.65 Å². The van der Waals surface area contributed by atoms with E-state index < -0.39 is 29.0 Å². The Kier molecular flexibility index (Phi) is 9.91. The van der Waals surface area contributed by atoms with Crippen molar-refractivity contribution in [2.24, 2.45) is 0 Å². The van der Waals surface area contributed by atoms with Gasteiger partial charge in [-0.3, -0.25) is 24.2 Å². The Morgan fingerprint density at radius 3 is 2.51 bits per heavy atom. The highest BCUT2D eigenvalue weighted by Crippen LogP contribution is 2.37. The Balaban J connectivity index is 1.20. The normalized spacial score (nSPS) is 19.3. The van der Waals surface area contributed by atoms with Crippen molar-refractivity contribution in [3.63, 3.8) is 0 Å². The van der Waals surface area contributed by atoms with Crippen LogP contribution in [0.15, 0.2) is 60.8 Å². The second-order valence-corrected chi connectivity index (χ2v) is 14.8. The lowest BCUT2D eigenvalue weighted by molar-refractivity contribution is -0.111. The Labute approximate surface area is 297 Å². The Bertz CT molecular complexity index is 1960. The minimum Gasteiger partial charge on any atom is -0.480 e. The molecule has 4 aromatic rings. The van der Waals surface area contributed by atoms with Crippen molar-refractivity contribution >= 4 is 29.7 Å². The first-order valence-electron chi connectivity index (χ1n) is 17.1. The van der Waals surface area contributed by atoms with E-state index in [9.17, 15) is 14.4 Å². The van der Waals surface area contributed by atoms with Gasteiger partial charge in [-0.05, 0) is 29.8 Å². The van der Waals surface area contributed by atoms with Gasteiger partial charge in [-0.1, -0.05) is 65.8 Å². The quantitative estimate of drug-likeness (QED) is 0.172. The molecule has 0 radical (unpaired) electrons. The van der Waals surface area contributed by atoms with Crippen LogP contribution in [0.4, 0.5) is 10.6 Å². The first-order valence-corrected chi connectivity index (χ1v) is 17.1. The van der Waals surface area contributed by atoms with Crippen LogP contribution < -0.4 is 20.7 Å². The van der Waals surface area contributed by atoms with Crippen molar-refractivity contribution in [1.29, 1.82) is 0 Å². The van der Waals surface area contributed by atoms with E-state index in [1.165, 1.54) is 0 Å². The summed E-state index contributed by atoms with van der Waals surface area (Å²) >= 11 is 0. The van der Waals surface area contributed by atoms with Gasteiger partial charge in [0.1, 0.15) is 29.0 Å². The number of hydrogen-bond donors (Lipinski definition) is 3. The summed E-state index contributed by atoms with van der Waals surface area (Å²) in [6.07, 6.45) is 5.36. The molecule has 0 saturated carbocycles. The molecule has 268 valence electrons. The molecule has 3 amide bonds. The summed E-state index contributed by atoms with van der Waals surface area (Å²) in [6.45, 7) is 16.1. The van der Waals surface area contributed by atoms with E-state index in [1.807, 2.05) is 55.6 Å². The molecular weight excluding hydrogens is 650 g/mol. The van der Waals surface area contributed by atoms with Gasteiger partial charge >= 0.3 is 6.03 Å². The number of amides is 3. The molecule has 1 saturated heterocycles. The summed E-state index contributed by atoms with van der Waals surface area (Å²) in [5.41, 5.74) is 0.355. The van der Waals surface area contributed by atoms with Crippen LogP contribution >= 0.6 is 0 Å². The molecule has 2 aliphatic rings. The number of carbonyl (C=O) groups is 3. The Hall–Kier alpha value is -5.21. The zero-order valence-corrected chi connectivity index (χ0v) is 29.9. The van der Waals surface area contributed by atoms with Crippen LogP contribution in [0.2, 0.25) is 0 Å². The van der Waals surface area contributed by atoms with Gasteiger partial charge in [0.2, 0.25) is 5.82 Å². The number of anilines is 1. The lowest BCUT2D eigenvalue weighted by atomic mass is 9.81. The number of benzene rings is 1. The number of aldehydes is 1. The molecule has 0 unspecified atom stereocenters. The summed E-state index contributed by atoms with van der Waals surface area (Å²) < 4.78 is 13.7. The maximum absolute atomic E-state index is 13.6. The van der Waals surface area contributed by atoms with E-state index in [0.29, 0.717) is 60.8 Å². The van der Waals surface area contributed by atoms with Gasteiger partial charge in [0, 0.05) is 48.6 Å². The number of nitrogens with one attached hydrogen (secondary N) is 3. The Morgan fingerprint density at radius 1 is 1.02 bits per heavy atom. The van der Waals surface area contributed by atoms with Crippen LogP contribution in [0, 0.1) is 0 Å². The second kappa shape index (κ2) is 14.2. The van der Waals surface area contributed by atoms with Crippen LogP contribution in [-0.4, -0.2) is 87.1 Å². The Morgan fingerprint density at radius 2 is 1.78 bits per heavy atom. The van der Waals surface area contributed by atoms with E-state index in [-0.39, 0.29) is 17.1 Å². The monoisotopic (exact) mass is 695 g/mol. The van der Waals surface area contributed by atoms with Crippen LogP contribution in [-0.2, 0) is 25.9 Å². The summed E-state index contributed by atoms with van der Waals surface area (Å²) in [5, 5.41) is 17.1. The van der Waals surface area contributed by atoms with E-state index in [0.717, 1.165) is 18.9 Å². The van der Waals surface area contributed by atoms with Crippen molar-refractivity contribution in [2.75, 3.05) is 44.7 Å². The first-order chi connectivity index (χ1) is 24.3. The zero-order chi connectivity index (χ0) is 36.4. The number of urea groups is 1. The standard InChI is InChI=1S/C37H45N9O5/c1-35(2,3)28-21-29(40-31(39-28)32(48)38-15-16-45-17-19-50-20-18-45)41-34(49)42-37(23-47)14-13-27(25-9-7-8-10-26(25)37)51-24-11-12-30-43-44-33(36(4,5)6)46(30)22-24/h7-14,21-23,27H,15-20H2,1-6H3,(H,38,48)(H2,39,40,41,42,49)/t27-,37-/m1/s1. The van der Waals surface area contributed by atoms with Gasteiger partial charge in [-0.25, -0.2) is 14.8 Å². The number of carbonyl (C=O) groups excluding carboxylic acids is 3. The maximum Gasteiger partial charge on any atom is 0.321 e. The third kappa shape index (κ3) is 7.92. The molecule has 3 aromatic heterocycles. The molecule has 1 aliphatic heterocycles. The van der Waals surface area contributed by atoms with Gasteiger partial charge in [0.05, 0.1) is 25.1 Å². The molecule has 1 aliphatic carbocycles. The number of hydrogen-bond acceptors (Lipinski definition) is 10. The van der Waals surface area contributed by atoms with Crippen LogP contribution in [0.5, 0.6) is 5.75 Å². The largest absolute Gasteiger partial charge is 0.480 e. The van der Waals surface area contributed by atoms with Crippen molar-refractivity contribution in [3.8, 4) is 5.75 Å². The molecule has 4 heterocycles. The van der Waals surface area contributed by atoms with Crippen LogP contribution in [0.1, 0.15) is 80.9 Å². The van der Waals surface area contributed by atoms with Crippen LogP contribution in [0.3, 0.4) is 0 Å². The molecule has 14 heteroatoms. The fourth-order valence-corrected chi connectivity index (χ4v) is 6.06. The van der Waals surface area contributed by atoms with Crippen molar-refractivity contribution in [2.45, 2.75) is 64.0 Å². The van der Waals surface area contributed by atoms with Crippen molar-refractivity contribution in [1.82, 2.24) is 40.1 Å². The number of pyridine rings is 1.